The summed E-state index contributed by atoms with van der Waals surface area (Å²) in [7, 11) is 1.51. The van der Waals surface area contributed by atoms with Gasteiger partial charge >= 0.3 is 6.03 Å². The minimum absolute atomic E-state index is 0.192. The number of carbonyl (C=O) groups is 3. The predicted octanol–water partition coefficient (Wildman–Crippen LogP) is 2.15. The van der Waals surface area contributed by atoms with Crippen LogP contribution in [0.2, 0.25) is 0 Å². The van der Waals surface area contributed by atoms with Crippen molar-refractivity contribution in [3.8, 4) is 5.75 Å². The first-order valence-corrected chi connectivity index (χ1v) is 8.93. The lowest BCUT2D eigenvalue weighted by atomic mass is 9.95. The smallest absolute Gasteiger partial charge is 0.335 e. The molecule has 7 nitrogen and oxygen atoms in total. The summed E-state index contributed by atoms with van der Waals surface area (Å²) < 4.78 is 5.14. The Kier molecular flexibility index (Phi) is 4.22. The van der Waals surface area contributed by atoms with E-state index in [1.54, 1.807) is 24.3 Å². The summed E-state index contributed by atoms with van der Waals surface area (Å²) in [6.07, 6.45) is 6.09. The van der Waals surface area contributed by atoms with Gasteiger partial charge in [0.25, 0.3) is 5.91 Å². The second kappa shape index (κ2) is 6.55. The number of carbonyl (C=O) groups excluding carboxylic acids is 3. The lowest BCUT2D eigenvalue weighted by Gasteiger charge is -2.29. The second-order valence-electron chi connectivity index (χ2n) is 7.19. The number of imide groups is 2. The number of barbiturate groups is 1. The molecule has 1 aliphatic heterocycles. The molecule has 0 spiro atoms. The molecule has 2 saturated carbocycles. The molecule has 0 unspecified atom stereocenters. The number of hydrogen-bond acceptors (Lipinski definition) is 5. The van der Waals surface area contributed by atoms with E-state index in [1.165, 1.54) is 32.6 Å². The first kappa shape index (κ1) is 16.8. The molecule has 0 radical (unpaired) electrons. The van der Waals surface area contributed by atoms with Crippen molar-refractivity contribution in [1.29, 1.82) is 0 Å². The molecule has 3 fully saturated rings. The summed E-state index contributed by atoms with van der Waals surface area (Å²) in [6.45, 7) is 0. The molecule has 136 valence electrons. The highest BCUT2D eigenvalue weighted by Gasteiger charge is 2.42. The number of urea groups is 1. The van der Waals surface area contributed by atoms with Crippen LogP contribution in [0.25, 0.3) is 0 Å². The lowest BCUT2D eigenvalue weighted by Crippen LogP contribution is -2.58. The van der Waals surface area contributed by atoms with Gasteiger partial charge in [0.05, 0.1) is 18.8 Å². The molecule has 2 aliphatic carbocycles. The van der Waals surface area contributed by atoms with Crippen LogP contribution in [0.5, 0.6) is 5.75 Å². The number of amides is 4. The summed E-state index contributed by atoms with van der Waals surface area (Å²) in [6, 6.07) is 6.05. The molecule has 26 heavy (non-hydrogen) atoms. The third kappa shape index (κ3) is 2.87. The average molecular weight is 355 g/mol. The maximum Gasteiger partial charge on any atom is 0.335 e. The highest BCUT2D eigenvalue weighted by molar-refractivity contribution is 6.32. The molecule has 7 heteroatoms. The van der Waals surface area contributed by atoms with Crippen molar-refractivity contribution in [2.45, 2.75) is 31.7 Å². The molecule has 1 aromatic rings. The van der Waals surface area contributed by atoms with Gasteiger partial charge in [-0.3, -0.25) is 19.9 Å². The lowest BCUT2D eigenvalue weighted by molar-refractivity contribution is -0.131. The third-order valence-electron chi connectivity index (χ3n) is 5.64. The highest BCUT2D eigenvalue weighted by Crippen LogP contribution is 2.45. The largest absolute Gasteiger partial charge is 0.497 e. The van der Waals surface area contributed by atoms with Gasteiger partial charge in [0, 0.05) is 12.3 Å². The molecule has 0 aromatic heterocycles. The Labute approximate surface area is 151 Å². The van der Waals surface area contributed by atoms with Crippen LogP contribution in [-0.4, -0.2) is 37.2 Å². The van der Waals surface area contributed by atoms with Gasteiger partial charge in [-0.05, 0) is 43.2 Å². The van der Waals surface area contributed by atoms with Crippen molar-refractivity contribution in [2.75, 3.05) is 12.0 Å². The summed E-state index contributed by atoms with van der Waals surface area (Å²) in [5.74, 6) is -0.475. The van der Waals surface area contributed by atoms with E-state index < -0.39 is 23.8 Å². The van der Waals surface area contributed by atoms with Gasteiger partial charge in [0.2, 0.25) is 5.91 Å². The van der Waals surface area contributed by atoms with E-state index in [-0.39, 0.29) is 6.04 Å². The number of ether oxygens (including phenoxy) is 1. The Bertz CT molecular complexity index is 791. The minimum atomic E-state index is -1.09. The quantitative estimate of drug-likeness (QED) is 0.662. The number of nitrogens with one attached hydrogen (secondary N) is 1. The van der Waals surface area contributed by atoms with Crippen LogP contribution in [0.1, 0.15) is 25.7 Å². The number of nitrogens with zero attached hydrogens (tertiary/aromatic N) is 2. The van der Waals surface area contributed by atoms with Crippen molar-refractivity contribution < 1.29 is 19.1 Å². The number of methoxy groups -OCH3 is 1. The highest BCUT2D eigenvalue weighted by atomic mass is 16.5. The Morgan fingerprint density at radius 1 is 1.23 bits per heavy atom. The number of anilines is 1. The van der Waals surface area contributed by atoms with Crippen LogP contribution in [0.4, 0.5) is 10.5 Å². The number of rotatable bonds is 4. The molecular weight excluding hydrogens is 334 g/mol. The van der Waals surface area contributed by atoms with Crippen LogP contribution in [0.15, 0.2) is 29.3 Å². The van der Waals surface area contributed by atoms with Crippen molar-refractivity contribution in [3.05, 3.63) is 24.3 Å². The molecule has 4 atom stereocenters. The number of hydrogen-bond donors (Lipinski definition) is 1. The standard InChI is InChI=1S/C19H21N3O4/c1-26-14-4-2-3-13(9-14)22-18(24)15(17(23)21-19(22)25)10-20-16-8-11-5-6-12(16)7-11/h2-4,9-12,15-16H,5-8H2,1H3,(H,21,23,25)/t11-,12-,15-,16+/m0/s1. The third-order valence-corrected chi connectivity index (χ3v) is 5.64. The van der Waals surface area contributed by atoms with Crippen molar-refractivity contribution in [2.24, 2.45) is 22.7 Å². The zero-order valence-corrected chi connectivity index (χ0v) is 14.6. The summed E-state index contributed by atoms with van der Waals surface area (Å²) >= 11 is 0. The first-order valence-electron chi connectivity index (χ1n) is 8.93. The maximum atomic E-state index is 12.8. The number of fused-ring (bicyclic) bond motifs is 2. The van der Waals surface area contributed by atoms with Crippen molar-refractivity contribution in [3.63, 3.8) is 0 Å². The molecular formula is C19H21N3O4. The topological polar surface area (TPSA) is 88.1 Å². The Morgan fingerprint density at radius 2 is 2.08 bits per heavy atom. The number of aliphatic imine (C=N–C) groups is 1. The van der Waals surface area contributed by atoms with Crippen LogP contribution >= 0.6 is 0 Å². The van der Waals surface area contributed by atoms with E-state index in [2.05, 4.69) is 10.3 Å². The van der Waals surface area contributed by atoms with E-state index in [1.807, 2.05) is 0 Å². The molecule has 3 aliphatic rings. The summed E-state index contributed by atoms with van der Waals surface area (Å²) in [5, 5.41) is 2.25. The molecule has 4 rings (SSSR count). The Hall–Kier alpha value is -2.70. The summed E-state index contributed by atoms with van der Waals surface area (Å²) in [5.41, 5.74) is 0.359. The number of benzene rings is 1. The molecule has 1 N–H and O–H groups in total. The van der Waals surface area contributed by atoms with Crippen molar-refractivity contribution >= 4 is 29.7 Å². The van der Waals surface area contributed by atoms with Crippen molar-refractivity contribution in [1.82, 2.24) is 5.32 Å². The van der Waals surface area contributed by atoms with Crippen LogP contribution < -0.4 is 15.0 Å². The van der Waals surface area contributed by atoms with Gasteiger partial charge in [-0.25, -0.2) is 9.69 Å². The van der Waals surface area contributed by atoms with Crippen LogP contribution in [0, 0.1) is 17.8 Å². The Morgan fingerprint density at radius 3 is 2.77 bits per heavy atom. The van der Waals surface area contributed by atoms with Crippen LogP contribution in [0.3, 0.4) is 0 Å². The van der Waals surface area contributed by atoms with Gasteiger partial charge in [0.1, 0.15) is 5.75 Å². The average Bonchev–Trinajstić information content (AvgIpc) is 3.24. The molecule has 4 amide bonds. The molecule has 1 aromatic carbocycles. The fourth-order valence-corrected chi connectivity index (χ4v) is 4.31. The van der Waals surface area contributed by atoms with Gasteiger partial charge in [-0.2, -0.15) is 0 Å². The molecule has 1 saturated heterocycles. The second-order valence-corrected chi connectivity index (χ2v) is 7.19. The van der Waals surface area contributed by atoms with Gasteiger partial charge in [-0.1, -0.05) is 12.5 Å². The summed E-state index contributed by atoms with van der Waals surface area (Å²) in [4.78, 5) is 42.7. The van der Waals surface area contributed by atoms with Crippen LogP contribution in [-0.2, 0) is 9.59 Å². The molecule has 2 bridgehead atoms. The fourth-order valence-electron chi connectivity index (χ4n) is 4.31. The van der Waals surface area contributed by atoms with E-state index in [0.717, 1.165) is 17.2 Å². The maximum absolute atomic E-state index is 12.8. The SMILES string of the molecule is COc1cccc(N2C(=O)NC(=O)[C@H](C=N[C@@H]3C[C@H]4CC[C@H]3C4)C2=O)c1. The van der Waals surface area contributed by atoms with Gasteiger partial charge < -0.3 is 4.74 Å². The fraction of sp³-hybridized carbons (Fsp3) is 0.474. The monoisotopic (exact) mass is 355 g/mol. The zero-order valence-electron chi connectivity index (χ0n) is 14.6. The van der Waals surface area contributed by atoms with Gasteiger partial charge in [-0.15, -0.1) is 0 Å². The zero-order chi connectivity index (χ0) is 18.3. The minimum Gasteiger partial charge on any atom is -0.497 e. The van der Waals surface area contributed by atoms with E-state index in [4.69, 9.17) is 4.74 Å². The molecule has 1 heterocycles. The van der Waals surface area contributed by atoms with E-state index in [0.29, 0.717) is 17.4 Å². The normalized spacial score (nSPS) is 31.0. The Balaban J connectivity index is 1.56. The first-order chi connectivity index (χ1) is 12.6. The van der Waals surface area contributed by atoms with E-state index >= 15 is 0 Å². The van der Waals surface area contributed by atoms with E-state index in [9.17, 15) is 14.4 Å². The van der Waals surface area contributed by atoms with Gasteiger partial charge in [0.15, 0.2) is 5.92 Å². The predicted molar refractivity (Wildman–Crippen MR) is 95.2 cm³/mol.